The molecule has 2 aliphatic heterocycles. The van der Waals surface area contributed by atoms with Gasteiger partial charge in [0.25, 0.3) is 0 Å². The Labute approximate surface area is 235 Å². The van der Waals surface area contributed by atoms with Crippen molar-refractivity contribution < 1.29 is 9.68 Å². The second kappa shape index (κ2) is 12.0. The van der Waals surface area contributed by atoms with Crippen molar-refractivity contribution in [3.05, 3.63) is 24.3 Å². The van der Waals surface area contributed by atoms with Gasteiger partial charge < -0.3 is 0 Å². The lowest BCUT2D eigenvalue weighted by Gasteiger charge is -2.53. The van der Waals surface area contributed by atoms with Crippen LogP contribution in [0.3, 0.4) is 0 Å². The summed E-state index contributed by atoms with van der Waals surface area (Å²) in [6.07, 6.45) is 27.3. The third-order valence-corrected chi connectivity index (χ3v) is 10.1. The van der Waals surface area contributed by atoms with Crippen molar-refractivity contribution in [2.45, 2.75) is 180 Å². The van der Waals surface area contributed by atoms with Crippen LogP contribution in [0.25, 0.3) is 0 Å². The number of nitrogens with zero attached hydrogens (tertiary/aromatic N) is 2. The topological polar surface area (TPSA) is 24.9 Å². The molecule has 218 valence electrons. The zero-order valence-electron chi connectivity index (χ0n) is 26.2. The van der Waals surface area contributed by atoms with Gasteiger partial charge in [-0.3, -0.25) is 9.68 Å². The van der Waals surface area contributed by atoms with Gasteiger partial charge in [-0.25, -0.2) is 0 Å². The molecule has 2 fully saturated rings. The van der Waals surface area contributed by atoms with Crippen LogP contribution < -0.4 is 0 Å². The molecule has 4 atom stereocenters. The molecule has 0 aromatic carbocycles. The van der Waals surface area contributed by atoms with E-state index in [1.54, 1.807) is 0 Å². The minimum atomic E-state index is 0.0618. The van der Waals surface area contributed by atoms with E-state index in [1.165, 1.54) is 83.5 Å². The summed E-state index contributed by atoms with van der Waals surface area (Å²) in [6.45, 7) is 18.9. The number of hydroxylamine groups is 4. The fourth-order valence-corrected chi connectivity index (χ4v) is 8.16. The van der Waals surface area contributed by atoms with E-state index in [0.29, 0.717) is 11.8 Å². The number of rotatable bonds is 5. The molecule has 0 unspecified atom stereocenters. The second-order valence-corrected chi connectivity index (χ2v) is 15.5. The fraction of sp³-hybridized carbons (Fsp3) is 0.882. The van der Waals surface area contributed by atoms with Gasteiger partial charge in [0.2, 0.25) is 0 Å². The summed E-state index contributed by atoms with van der Waals surface area (Å²) in [5.74, 6) is 1.05. The summed E-state index contributed by atoms with van der Waals surface area (Å²) in [4.78, 5) is 14.0. The Balaban J connectivity index is 1.54. The molecule has 38 heavy (non-hydrogen) atoms. The van der Waals surface area contributed by atoms with E-state index >= 15 is 0 Å². The SMILES string of the molecule is CC1(C)CCCC(C)(C)N1O[C@@H]1/C=C\[C@H]([C@H]2CCCC/C=C\[C@@H]2ON2C(C)(C)CCCC2(C)C)CCCC1. The molecule has 4 nitrogen and oxygen atoms in total. The molecule has 0 saturated carbocycles. The highest BCUT2D eigenvalue weighted by atomic mass is 16.7. The zero-order chi connectivity index (χ0) is 27.6. The number of hydrogen-bond acceptors (Lipinski definition) is 4. The Hall–Kier alpha value is -0.680. The van der Waals surface area contributed by atoms with Crippen LogP contribution in [0.2, 0.25) is 0 Å². The summed E-state index contributed by atoms with van der Waals surface area (Å²) < 4.78 is 0. The van der Waals surface area contributed by atoms with Crippen molar-refractivity contribution in [3.63, 3.8) is 0 Å². The van der Waals surface area contributed by atoms with Gasteiger partial charge in [0, 0.05) is 22.2 Å². The van der Waals surface area contributed by atoms with Gasteiger partial charge in [-0.15, -0.1) is 0 Å². The molecular weight excluding hydrogens is 468 g/mol. The van der Waals surface area contributed by atoms with E-state index in [0.717, 1.165) is 6.42 Å². The van der Waals surface area contributed by atoms with Gasteiger partial charge in [-0.2, -0.15) is 10.1 Å². The molecule has 2 aliphatic carbocycles. The summed E-state index contributed by atoms with van der Waals surface area (Å²) in [5, 5.41) is 4.76. The Morgan fingerprint density at radius 1 is 0.553 bits per heavy atom. The molecule has 2 saturated heterocycles. The normalized spacial score (nSPS) is 37.8. The molecule has 0 radical (unpaired) electrons. The van der Waals surface area contributed by atoms with Crippen molar-refractivity contribution in [3.8, 4) is 0 Å². The molecule has 0 bridgehead atoms. The van der Waals surface area contributed by atoms with E-state index in [9.17, 15) is 0 Å². The summed E-state index contributed by atoms with van der Waals surface area (Å²) >= 11 is 0. The number of piperidine rings is 2. The Bertz CT molecular complexity index is 794. The van der Waals surface area contributed by atoms with Crippen LogP contribution in [0, 0.1) is 11.8 Å². The molecular formula is C34H60N2O2. The van der Waals surface area contributed by atoms with Crippen LogP contribution in [0.1, 0.15) is 145 Å². The lowest BCUT2D eigenvalue weighted by Crippen LogP contribution is -2.59. The number of hydrogen-bond donors (Lipinski definition) is 0. The molecule has 0 aromatic rings. The third-order valence-electron chi connectivity index (χ3n) is 10.1. The van der Waals surface area contributed by atoms with Crippen LogP contribution in [-0.4, -0.2) is 44.5 Å². The molecule has 2 heterocycles. The van der Waals surface area contributed by atoms with E-state index in [4.69, 9.17) is 9.68 Å². The first-order valence-electron chi connectivity index (χ1n) is 16.1. The maximum atomic E-state index is 7.11. The van der Waals surface area contributed by atoms with E-state index in [-0.39, 0.29) is 34.4 Å². The fourth-order valence-electron chi connectivity index (χ4n) is 8.16. The summed E-state index contributed by atoms with van der Waals surface area (Å²) in [7, 11) is 0. The highest BCUT2D eigenvalue weighted by Gasteiger charge is 2.45. The maximum Gasteiger partial charge on any atom is 0.101 e. The lowest BCUT2D eigenvalue weighted by atomic mass is 9.78. The first-order valence-corrected chi connectivity index (χ1v) is 16.1. The highest BCUT2D eigenvalue weighted by Crippen LogP contribution is 2.43. The van der Waals surface area contributed by atoms with E-state index < -0.39 is 0 Å². The molecule has 4 aliphatic rings. The van der Waals surface area contributed by atoms with Crippen molar-refractivity contribution in [2.24, 2.45) is 11.8 Å². The van der Waals surface area contributed by atoms with Crippen LogP contribution in [0.15, 0.2) is 24.3 Å². The molecule has 0 aromatic heterocycles. The van der Waals surface area contributed by atoms with Crippen molar-refractivity contribution in [1.82, 2.24) is 10.1 Å². The monoisotopic (exact) mass is 528 g/mol. The van der Waals surface area contributed by atoms with Crippen LogP contribution in [-0.2, 0) is 9.68 Å². The quantitative estimate of drug-likeness (QED) is 0.332. The zero-order valence-corrected chi connectivity index (χ0v) is 26.2. The molecule has 0 spiro atoms. The predicted molar refractivity (Wildman–Crippen MR) is 160 cm³/mol. The Kier molecular flexibility index (Phi) is 9.60. The van der Waals surface area contributed by atoms with Gasteiger partial charge in [0.15, 0.2) is 0 Å². The smallest absolute Gasteiger partial charge is 0.101 e. The predicted octanol–water partition coefficient (Wildman–Crippen LogP) is 9.17. The first kappa shape index (κ1) is 30.3. The van der Waals surface area contributed by atoms with Crippen LogP contribution >= 0.6 is 0 Å². The summed E-state index contributed by atoms with van der Waals surface area (Å²) in [5.41, 5.74) is 0.280. The van der Waals surface area contributed by atoms with Gasteiger partial charge in [-0.05, 0) is 138 Å². The average Bonchev–Trinajstić information content (AvgIpc) is 2.76. The summed E-state index contributed by atoms with van der Waals surface area (Å²) in [6, 6.07) is 0. The molecule has 0 amide bonds. The van der Waals surface area contributed by atoms with Crippen molar-refractivity contribution >= 4 is 0 Å². The Morgan fingerprint density at radius 2 is 1.08 bits per heavy atom. The standard InChI is InChI=1S/C34H60N2O2/c1-31(2)23-15-24-32(3,4)35(31)37-28-18-14-13-17-27(21-22-28)29-19-11-9-10-12-20-30(29)38-36-33(5,6)25-16-26-34(36,7)8/h12,20-22,27-30H,9-11,13-19,23-26H2,1-8H3/b20-12-,22-21-/t27-,28+,29-,30+/m1/s1. The van der Waals surface area contributed by atoms with Gasteiger partial charge in [0.1, 0.15) is 6.10 Å². The first-order chi connectivity index (χ1) is 17.8. The minimum absolute atomic E-state index is 0.0618. The molecule has 0 N–H and O–H groups in total. The third kappa shape index (κ3) is 7.14. The van der Waals surface area contributed by atoms with Crippen molar-refractivity contribution in [1.29, 1.82) is 0 Å². The molecule has 4 rings (SSSR count). The molecule has 4 heteroatoms. The van der Waals surface area contributed by atoms with Crippen LogP contribution in [0.4, 0.5) is 0 Å². The minimum Gasteiger partial charge on any atom is -0.291 e. The maximum absolute atomic E-state index is 7.11. The Morgan fingerprint density at radius 3 is 1.68 bits per heavy atom. The van der Waals surface area contributed by atoms with Crippen LogP contribution in [0.5, 0.6) is 0 Å². The van der Waals surface area contributed by atoms with Gasteiger partial charge in [-0.1, -0.05) is 43.6 Å². The van der Waals surface area contributed by atoms with E-state index in [2.05, 4.69) is 89.8 Å². The largest absolute Gasteiger partial charge is 0.291 e. The highest BCUT2D eigenvalue weighted by molar-refractivity contribution is 5.05. The van der Waals surface area contributed by atoms with E-state index in [1.807, 2.05) is 0 Å². The number of allylic oxidation sites excluding steroid dienone is 2. The van der Waals surface area contributed by atoms with Gasteiger partial charge >= 0.3 is 0 Å². The lowest BCUT2D eigenvalue weighted by molar-refractivity contribution is -0.305. The van der Waals surface area contributed by atoms with Gasteiger partial charge in [0.05, 0.1) is 6.10 Å². The van der Waals surface area contributed by atoms with Crippen molar-refractivity contribution in [2.75, 3.05) is 0 Å². The average molecular weight is 529 g/mol. The second-order valence-electron chi connectivity index (χ2n) is 15.5.